The quantitative estimate of drug-likeness (QED) is 0.865. The maximum Gasteiger partial charge on any atom is 0.261 e. The average molecular weight is 274 g/mol. The van der Waals surface area contributed by atoms with Crippen LogP contribution in [0.15, 0.2) is 41.2 Å². The number of aromatic nitrogens is 1. The van der Waals surface area contributed by atoms with Gasteiger partial charge >= 0.3 is 0 Å². The van der Waals surface area contributed by atoms with Crippen LogP contribution in [0, 0.1) is 0 Å². The standard InChI is InChI=1S/C14H14N2O2S/c1-16-12(7-6-11(13(15)19)14(16)17)9-4-3-5-10(8-9)18-2/h3-8H,1-2H3,(H2,15,19). The van der Waals surface area contributed by atoms with Crippen molar-refractivity contribution in [2.45, 2.75) is 0 Å². The van der Waals surface area contributed by atoms with Crippen molar-refractivity contribution in [3.8, 4) is 17.0 Å². The molecule has 0 radical (unpaired) electrons. The minimum atomic E-state index is -0.201. The van der Waals surface area contributed by atoms with Gasteiger partial charge in [0, 0.05) is 12.6 Å². The first-order chi connectivity index (χ1) is 9.04. The second-order valence-electron chi connectivity index (χ2n) is 4.09. The normalized spacial score (nSPS) is 10.2. The monoisotopic (exact) mass is 274 g/mol. The Morgan fingerprint density at radius 3 is 2.68 bits per heavy atom. The van der Waals surface area contributed by atoms with E-state index in [9.17, 15) is 4.79 Å². The zero-order valence-corrected chi connectivity index (χ0v) is 11.5. The van der Waals surface area contributed by atoms with Crippen LogP contribution in [0.1, 0.15) is 5.56 Å². The van der Waals surface area contributed by atoms with E-state index in [-0.39, 0.29) is 10.5 Å². The second kappa shape index (κ2) is 5.24. The highest BCUT2D eigenvalue weighted by Gasteiger charge is 2.09. The van der Waals surface area contributed by atoms with Gasteiger partial charge in [0.05, 0.1) is 18.4 Å². The van der Waals surface area contributed by atoms with Crippen molar-refractivity contribution in [3.05, 3.63) is 52.3 Å². The first-order valence-electron chi connectivity index (χ1n) is 5.69. The molecule has 19 heavy (non-hydrogen) atoms. The average Bonchev–Trinajstić information content (AvgIpc) is 2.41. The molecule has 1 aromatic carbocycles. The van der Waals surface area contributed by atoms with E-state index in [2.05, 4.69) is 0 Å². The number of rotatable bonds is 3. The maximum absolute atomic E-state index is 12.1. The molecule has 0 aliphatic carbocycles. The molecule has 1 heterocycles. The van der Waals surface area contributed by atoms with Crippen molar-refractivity contribution in [1.82, 2.24) is 4.57 Å². The lowest BCUT2D eigenvalue weighted by molar-refractivity contribution is 0.415. The topological polar surface area (TPSA) is 57.2 Å². The summed E-state index contributed by atoms with van der Waals surface area (Å²) >= 11 is 4.85. The fourth-order valence-corrected chi connectivity index (χ4v) is 2.05. The summed E-state index contributed by atoms with van der Waals surface area (Å²) in [5.74, 6) is 0.739. The van der Waals surface area contributed by atoms with Crippen molar-refractivity contribution < 1.29 is 4.74 Å². The maximum atomic E-state index is 12.1. The zero-order chi connectivity index (χ0) is 14.0. The summed E-state index contributed by atoms with van der Waals surface area (Å²) in [6.45, 7) is 0. The molecule has 2 aromatic rings. The Morgan fingerprint density at radius 2 is 2.05 bits per heavy atom. The molecule has 0 aliphatic heterocycles. The smallest absolute Gasteiger partial charge is 0.261 e. The summed E-state index contributed by atoms with van der Waals surface area (Å²) in [6.07, 6.45) is 0. The minimum absolute atomic E-state index is 0.109. The van der Waals surface area contributed by atoms with Crippen LogP contribution in [-0.4, -0.2) is 16.7 Å². The lowest BCUT2D eigenvalue weighted by Gasteiger charge is -2.11. The number of hydrogen-bond donors (Lipinski definition) is 1. The van der Waals surface area contributed by atoms with E-state index < -0.39 is 0 Å². The molecule has 2 N–H and O–H groups in total. The molecule has 0 saturated carbocycles. The molecule has 0 saturated heterocycles. The van der Waals surface area contributed by atoms with Gasteiger partial charge in [0.1, 0.15) is 10.7 Å². The van der Waals surface area contributed by atoms with Gasteiger partial charge in [-0.15, -0.1) is 0 Å². The third-order valence-corrected chi connectivity index (χ3v) is 3.16. The van der Waals surface area contributed by atoms with Crippen LogP contribution in [0.25, 0.3) is 11.3 Å². The second-order valence-corrected chi connectivity index (χ2v) is 4.53. The van der Waals surface area contributed by atoms with Crippen molar-refractivity contribution in [2.75, 3.05) is 7.11 Å². The molecule has 0 bridgehead atoms. The van der Waals surface area contributed by atoms with Gasteiger partial charge in [0.2, 0.25) is 0 Å². The van der Waals surface area contributed by atoms with E-state index in [0.29, 0.717) is 5.56 Å². The molecule has 0 fully saturated rings. The molecule has 5 heteroatoms. The largest absolute Gasteiger partial charge is 0.497 e. The Labute approximate surface area is 116 Å². The lowest BCUT2D eigenvalue weighted by Crippen LogP contribution is -2.28. The van der Waals surface area contributed by atoms with Gasteiger partial charge in [-0.25, -0.2) is 0 Å². The number of nitrogens with two attached hydrogens (primary N) is 1. The van der Waals surface area contributed by atoms with Crippen LogP contribution in [0.2, 0.25) is 0 Å². The highest BCUT2D eigenvalue weighted by atomic mass is 32.1. The van der Waals surface area contributed by atoms with Gasteiger partial charge in [-0.1, -0.05) is 24.4 Å². The van der Waals surface area contributed by atoms with Crippen LogP contribution in [0.3, 0.4) is 0 Å². The number of thiocarbonyl (C=S) groups is 1. The van der Waals surface area contributed by atoms with E-state index >= 15 is 0 Å². The Balaban J connectivity index is 2.61. The SMILES string of the molecule is COc1cccc(-c2ccc(C(N)=S)c(=O)n2C)c1. The third-order valence-electron chi connectivity index (χ3n) is 2.94. The van der Waals surface area contributed by atoms with Gasteiger partial charge in [0.25, 0.3) is 5.56 Å². The molecular formula is C14H14N2O2S. The fourth-order valence-electron chi connectivity index (χ4n) is 1.90. The molecule has 0 atom stereocenters. The third kappa shape index (κ3) is 2.51. The van der Waals surface area contributed by atoms with Gasteiger partial charge < -0.3 is 15.0 Å². The van der Waals surface area contributed by atoms with Crippen molar-refractivity contribution in [2.24, 2.45) is 12.8 Å². The number of ether oxygens (including phenoxy) is 1. The van der Waals surface area contributed by atoms with Gasteiger partial charge in [-0.3, -0.25) is 4.79 Å². The van der Waals surface area contributed by atoms with Crippen LogP contribution in [0.4, 0.5) is 0 Å². The highest BCUT2D eigenvalue weighted by Crippen LogP contribution is 2.22. The van der Waals surface area contributed by atoms with E-state index in [0.717, 1.165) is 17.0 Å². The Kier molecular flexibility index (Phi) is 3.66. The highest BCUT2D eigenvalue weighted by molar-refractivity contribution is 7.80. The summed E-state index contributed by atoms with van der Waals surface area (Å²) in [6, 6.07) is 11.0. The Morgan fingerprint density at radius 1 is 1.32 bits per heavy atom. The van der Waals surface area contributed by atoms with E-state index in [1.165, 1.54) is 4.57 Å². The van der Waals surface area contributed by atoms with Gasteiger partial charge in [-0.2, -0.15) is 0 Å². The van der Waals surface area contributed by atoms with Gasteiger partial charge in [0.15, 0.2) is 0 Å². The van der Waals surface area contributed by atoms with Crippen molar-refractivity contribution in [1.29, 1.82) is 0 Å². The number of methoxy groups -OCH3 is 1. The summed E-state index contributed by atoms with van der Waals surface area (Å²) in [5, 5.41) is 0. The van der Waals surface area contributed by atoms with Crippen LogP contribution in [-0.2, 0) is 7.05 Å². The number of nitrogens with zero attached hydrogens (tertiary/aromatic N) is 1. The minimum Gasteiger partial charge on any atom is -0.497 e. The fraction of sp³-hybridized carbons (Fsp3) is 0.143. The molecule has 4 nitrogen and oxygen atoms in total. The van der Waals surface area contributed by atoms with Crippen molar-refractivity contribution >= 4 is 17.2 Å². The van der Waals surface area contributed by atoms with Crippen LogP contribution >= 0.6 is 12.2 Å². The number of pyridine rings is 1. The molecule has 98 valence electrons. The lowest BCUT2D eigenvalue weighted by atomic mass is 10.1. The molecular weight excluding hydrogens is 260 g/mol. The summed E-state index contributed by atoms with van der Waals surface area (Å²) in [4.78, 5) is 12.2. The van der Waals surface area contributed by atoms with Crippen molar-refractivity contribution in [3.63, 3.8) is 0 Å². The summed E-state index contributed by atoms with van der Waals surface area (Å²) < 4.78 is 6.71. The van der Waals surface area contributed by atoms with Crippen LogP contribution < -0.4 is 16.0 Å². The van der Waals surface area contributed by atoms with E-state index in [1.807, 2.05) is 30.3 Å². The predicted octanol–water partition coefficient (Wildman–Crippen LogP) is 1.70. The Hall–Kier alpha value is -2.14. The first kappa shape index (κ1) is 13.3. The molecule has 0 spiro atoms. The summed E-state index contributed by atoms with van der Waals surface area (Å²) in [5.41, 5.74) is 7.34. The number of hydrogen-bond acceptors (Lipinski definition) is 3. The Bertz CT molecular complexity index is 692. The molecule has 0 aliphatic rings. The number of benzene rings is 1. The molecule has 0 amide bonds. The predicted molar refractivity (Wildman–Crippen MR) is 79.6 cm³/mol. The van der Waals surface area contributed by atoms with E-state index in [4.69, 9.17) is 22.7 Å². The van der Waals surface area contributed by atoms with E-state index in [1.54, 1.807) is 20.2 Å². The molecule has 0 unspecified atom stereocenters. The van der Waals surface area contributed by atoms with Crippen LogP contribution in [0.5, 0.6) is 5.75 Å². The zero-order valence-electron chi connectivity index (χ0n) is 10.7. The first-order valence-corrected chi connectivity index (χ1v) is 6.09. The van der Waals surface area contributed by atoms with Gasteiger partial charge in [-0.05, 0) is 24.3 Å². The molecule has 1 aromatic heterocycles. The summed E-state index contributed by atoms with van der Waals surface area (Å²) in [7, 11) is 3.30. The molecule has 2 rings (SSSR count).